The quantitative estimate of drug-likeness (QED) is 0.890. The molecule has 21 heavy (non-hydrogen) atoms. The molecule has 1 atom stereocenters. The van der Waals surface area contributed by atoms with Gasteiger partial charge in [-0.05, 0) is 36.9 Å². The van der Waals surface area contributed by atoms with Crippen LogP contribution >= 0.6 is 0 Å². The predicted octanol–water partition coefficient (Wildman–Crippen LogP) is 1.95. The third-order valence-electron chi connectivity index (χ3n) is 4.86. The molecule has 0 spiro atoms. The number of nitrogens with one attached hydrogen (secondary N) is 1. The maximum atomic E-state index is 11.6. The highest BCUT2D eigenvalue weighted by atomic mass is 16.1. The van der Waals surface area contributed by atoms with Gasteiger partial charge in [-0.2, -0.15) is 0 Å². The van der Waals surface area contributed by atoms with Gasteiger partial charge in [0.1, 0.15) is 0 Å². The van der Waals surface area contributed by atoms with Crippen molar-refractivity contribution < 1.29 is 4.79 Å². The Labute approximate surface area is 126 Å². The third kappa shape index (κ3) is 3.27. The van der Waals surface area contributed by atoms with Crippen LogP contribution in [0.3, 0.4) is 0 Å². The van der Waals surface area contributed by atoms with Crippen molar-refractivity contribution in [2.45, 2.75) is 50.7 Å². The van der Waals surface area contributed by atoms with Gasteiger partial charge in [0, 0.05) is 18.6 Å². The second-order valence-electron chi connectivity index (χ2n) is 6.26. The minimum absolute atomic E-state index is 0.211. The summed E-state index contributed by atoms with van der Waals surface area (Å²) in [6, 6.07) is 9.43. The Bertz CT molecular complexity index is 497. The monoisotopic (exact) mass is 287 g/mol. The number of amides is 1. The number of primary amides is 1. The number of nitrogens with two attached hydrogens (primary N) is 1. The summed E-state index contributed by atoms with van der Waals surface area (Å²) in [5.74, 6) is -0.211. The zero-order chi connectivity index (χ0) is 14.7. The number of nitrogens with zero attached hydrogens (tertiary/aromatic N) is 1. The van der Waals surface area contributed by atoms with Crippen LogP contribution < -0.4 is 11.1 Å². The number of carbonyl (C=O) groups is 1. The Balaban J connectivity index is 1.91. The molecule has 114 valence electrons. The van der Waals surface area contributed by atoms with Gasteiger partial charge in [0.15, 0.2) is 0 Å². The van der Waals surface area contributed by atoms with Crippen molar-refractivity contribution >= 4 is 5.91 Å². The van der Waals surface area contributed by atoms with Crippen LogP contribution in [0, 0.1) is 0 Å². The van der Waals surface area contributed by atoms with E-state index < -0.39 is 0 Å². The van der Waals surface area contributed by atoms with Gasteiger partial charge in [-0.1, -0.05) is 37.1 Å². The summed E-state index contributed by atoms with van der Waals surface area (Å²) in [6.45, 7) is 2.28. The molecule has 1 heterocycles. The van der Waals surface area contributed by atoms with Crippen LogP contribution in [0.25, 0.3) is 0 Å². The molecule has 1 amide bonds. The Morgan fingerprint density at radius 3 is 2.76 bits per heavy atom. The molecule has 1 aliphatic heterocycles. The summed E-state index contributed by atoms with van der Waals surface area (Å²) in [6.07, 6.45) is 5.97. The van der Waals surface area contributed by atoms with Crippen LogP contribution in [0.1, 0.15) is 49.3 Å². The van der Waals surface area contributed by atoms with Crippen LogP contribution in [0.4, 0.5) is 0 Å². The van der Waals surface area contributed by atoms with Crippen molar-refractivity contribution in [1.29, 1.82) is 0 Å². The molecule has 0 bridgehead atoms. The van der Waals surface area contributed by atoms with Gasteiger partial charge in [0.2, 0.25) is 5.91 Å². The molecule has 0 saturated heterocycles. The summed E-state index contributed by atoms with van der Waals surface area (Å²) >= 11 is 0. The molecule has 3 rings (SSSR count). The average molecular weight is 287 g/mol. The topological polar surface area (TPSA) is 58.4 Å². The SMILES string of the molecule is NC(=O)CN(C1CCCC1)C1CCNCc2ccccc21. The van der Waals surface area contributed by atoms with E-state index in [0.29, 0.717) is 18.6 Å². The van der Waals surface area contributed by atoms with Crippen molar-refractivity contribution in [3.05, 3.63) is 35.4 Å². The van der Waals surface area contributed by atoms with E-state index in [1.165, 1.54) is 36.8 Å². The van der Waals surface area contributed by atoms with Crippen molar-refractivity contribution in [2.75, 3.05) is 13.1 Å². The number of fused-ring (bicyclic) bond motifs is 1. The minimum Gasteiger partial charge on any atom is -0.369 e. The Morgan fingerprint density at radius 2 is 2.00 bits per heavy atom. The van der Waals surface area contributed by atoms with E-state index in [1.54, 1.807) is 0 Å². The number of carbonyl (C=O) groups excluding carboxylic acids is 1. The fraction of sp³-hybridized carbons (Fsp3) is 0.588. The fourth-order valence-corrected chi connectivity index (χ4v) is 3.89. The van der Waals surface area contributed by atoms with Gasteiger partial charge in [-0.15, -0.1) is 0 Å². The van der Waals surface area contributed by atoms with Gasteiger partial charge >= 0.3 is 0 Å². The van der Waals surface area contributed by atoms with Crippen LogP contribution in [-0.2, 0) is 11.3 Å². The molecule has 0 radical (unpaired) electrons. The molecule has 4 nitrogen and oxygen atoms in total. The second-order valence-corrected chi connectivity index (χ2v) is 6.26. The summed E-state index contributed by atoms with van der Waals surface area (Å²) in [5.41, 5.74) is 8.26. The van der Waals surface area contributed by atoms with E-state index >= 15 is 0 Å². The zero-order valence-corrected chi connectivity index (χ0v) is 12.6. The first kappa shape index (κ1) is 14.5. The fourth-order valence-electron chi connectivity index (χ4n) is 3.89. The van der Waals surface area contributed by atoms with Gasteiger partial charge in [0.05, 0.1) is 6.54 Å². The summed E-state index contributed by atoms with van der Waals surface area (Å²) < 4.78 is 0. The first-order valence-corrected chi connectivity index (χ1v) is 8.08. The van der Waals surface area contributed by atoms with Crippen molar-refractivity contribution in [1.82, 2.24) is 10.2 Å². The maximum absolute atomic E-state index is 11.6. The number of rotatable bonds is 4. The molecule has 2 aliphatic rings. The molecule has 0 aromatic heterocycles. The Morgan fingerprint density at radius 1 is 1.24 bits per heavy atom. The molecular formula is C17H25N3O. The van der Waals surface area contributed by atoms with E-state index in [9.17, 15) is 4.79 Å². The molecular weight excluding hydrogens is 262 g/mol. The van der Waals surface area contributed by atoms with E-state index in [0.717, 1.165) is 19.5 Å². The maximum Gasteiger partial charge on any atom is 0.231 e. The summed E-state index contributed by atoms with van der Waals surface area (Å²) in [7, 11) is 0. The summed E-state index contributed by atoms with van der Waals surface area (Å²) in [5, 5.41) is 3.49. The highest BCUT2D eigenvalue weighted by molar-refractivity contribution is 5.76. The number of hydrogen-bond donors (Lipinski definition) is 2. The lowest BCUT2D eigenvalue weighted by atomic mass is 9.96. The zero-order valence-electron chi connectivity index (χ0n) is 12.6. The van der Waals surface area contributed by atoms with E-state index in [4.69, 9.17) is 5.73 Å². The second kappa shape index (κ2) is 6.58. The van der Waals surface area contributed by atoms with Gasteiger partial charge < -0.3 is 11.1 Å². The van der Waals surface area contributed by atoms with E-state index in [1.807, 2.05) is 0 Å². The first-order valence-electron chi connectivity index (χ1n) is 8.08. The largest absolute Gasteiger partial charge is 0.369 e. The van der Waals surface area contributed by atoms with Crippen molar-refractivity contribution in [2.24, 2.45) is 5.73 Å². The smallest absolute Gasteiger partial charge is 0.231 e. The lowest BCUT2D eigenvalue weighted by Gasteiger charge is -2.36. The molecule has 1 aliphatic carbocycles. The standard InChI is InChI=1S/C17H25N3O/c18-17(21)12-20(14-6-2-3-7-14)16-9-10-19-11-13-5-1-4-8-15(13)16/h1,4-5,8,14,16,19H,2-3,6-7,9-12H2,(H2,18,21). The summed E-state index contributed by atoms with van der Waals surface area (Å²) in [4.78, 5) is 13.9. The predicted molar refractivity (Wildman–Crippen MR) is 83.7 cm³/mol. The van der Waals surface area contributed by atoms with Crippen LogP contribution in [0.5, 0.6) is 0 Å². The van der Waals surface area contributed by atoms with Gasteiger partial charge in [-0.3, -0.25) is 9.69 Å². The third-order valence-corrected chi connectivity index (χ3v) is 4.86. The lowest BCUT2D eigenvalue weighted by Crippen LogP contribution is -2.43. The van der Waals surface area contributed by atoms with Crippen LogP contribution in [0.2, 0.25) is 0 Å². The van der Waals surface area contributed by atoms with Crippen molar-refractivity contribution in [3.8, 4) is 0 Å². The van der Waals surface area contributed by atoms with Crippen LogP contribution in [-0.4, -0.2) is 29.9 Å². The molecule has 4 heteroatoms. The molecule has 1 aromatic rings. The minimum atomic E-state index is -0.211. The Kier molecular flexibility index (Phi) is 4.56. The highest BCUT2D eigenvalue weighted by Gasteiger charge is 2.32. The molecule has 1 unspecified atom stereocenters. The van der Waals surface area contributed by atoms with E-state index in [-0.39, 0.29) is 5.91 Å². The molecule has 1 saturated carbocycles. The van der Waals surface area contributed by atoms with E-state index in [2.05, 4.69) is 34.5 Å². The van der Waals surface area contributed by atoms with Gasteiger partial charge in [0.25, 0.3) is 0 Å². The first-order chi connectivity index (χ1) is 10.3. The highest BCUT2D eigenvalue weighted by Crippen LogP contribution is 2.35. The molecule has 1 fully saturated rings. The number of hydrogen-bond acceptors (Lipinski definition) is 3. The molecule has 3 N–H and O–H groups in total. The average Bonchev–Trinajstić information content (AvgIpc) is 2.92. The Hall–Kier alpha value is -1.39. The van der Waals surface area contributed by atoms with Gasteiger partial charge in [-0.25, -0.2) is 0 Å². The lowest BCUT2D eigenvalue weighted by molar-refractivity contribution is -0.120. The molecule has 1 aromatic carbocycles. The number of benzene rings is 1. The van der Waals surface area contributed by atoms with Crippen molar-refractivity contribution in [3.63, 3.8) is 0 Å². The normalized spacial score (nSPS) is 23.0. The van der Waals surface area contributed by atoms with Crippen LogP contribution in [0.15, 0.2) is 24.3 Å².